The molecule has 2 aromatic heterocycles. The van der Waals surface area contributed by atoms with Crippen LogP contribution < -0.4 is 10.6 Å². The topological polar surface area (TPSA) is 118 Å². The molecule has 1 unspecified atom stereocenters. The van der Waals surface area contributed by atoms with E-state index in [0.29, 0.717) is 23.7 Å². The molecule has 9 nitrogen and oxygen atoms in total. The molecule has 9 heteroatoms. The molecule has 0 spiro atoms. The molecule has 30 heavy (non-hydrogen) atoms. The van der Waals surface area contributed by atoms with E-state index in [4.69, 9.17) is 9.84 Å². The average molecular weight is 407 g/mol. The SMILES string of the molecule is O=C(O)Nc1cccc(NC(=O)c2cccc(-c3ccnn3C3CCCCO3)n2)c1. The zero-order valence-electron chi connectivity index (χ0n) is 16.1. The van der Waals surface area contributed by atoms with Crippen molar-refractivity contribution in [2.45, 2.75) is 25.5 Å². The molecule has 1 atom stereocenters. The van der Waals surface area contributed by atoms with Crippen molar-refractivity contribution in [2.75, 3.05) is 17.2 Å². The highest BCUT2D eigenvalue weighted by Crippen LogP contribution is 2.27. The van der Waals surface area contributed by atoms with E-state index in [-0.39, 0.29) is 11.9 Å². The van der Waals surface area contributed by atoms with E-state index in [0.717, 1.165) is 25.0 Å². The summed E-state index contributed by atoms with van der Waals surface area (Å²) < 4.78 is 7.64. The lowest BCUT2D eigenvalue weighted by atomic mass is 10.2. The summed E-state index contributed by atoms with van der Waals surface area (Å²) >= 11 is 0. The molecule has 0 bridgehead atoms. The number of hydrogen-bond donors (Lipinski definition) is 3. The molecule has 0 aliphatic carbocycles. The van der Waals surface area contributed by atoms with Crippen LogP contribution in [0.5, 0.6) is 0 Å². The van der Waals surface area contributed by atoms with Crippen molar-refractivity contribution in [3.05, 3.63) is 60.4 Å². The van der Waals surface area contributed by atoms with Gasteiger partial charge in [0.1, 0.15) is 5.69 Å². The van der Waals surface area contributed by atoms with Crippen LogP contribution >= 0.6 is 0 Å². The number of carboxylic acid groups (broad SMARTS) is 1. The molecule has 1 fully saturated rings. The highest BCUT2D eigenvalue weighted by Gasteiger charge is 2.20. The van der Waals surface area contributed by atoms with E-state index in [1.54, 1.807) is 36.5 Å². The smallest absolute Gasteiger partial charge is 0.409 e. The second-order valence-corrected chi connectivity index (χ2v) is 6.86. The van der Waals surface area contributed by atoms with Gasteiger partial charge in [0.25, 0.3) is 5.91 Å². The summed E-state index contributed by atoms with van der Waals surface area (Å²) in [5.41, 5.74) is 2.46. The first-order chi connectivity index (χ1) is 14.6. The zero-order chi connectivity index (χ0) is 20.9. The second-order valence-electron chi connectivity index (χ2n) is 6.86. The number of nitrogens with one attached hydrogen (secondary N) is 2. The first-order valence-corrected chi connectivity index (χ1v) is 9.64. The minimum Gasteiger partial charge on any atom is -0.465 e. The molecule has 154 valence electrons. The lowest BCUT2D eigenvalue weighted by Gasteiger charge is -2.24. The summed E-state index contributed by atoms with van der Waals surface area (Å²) in [4.78, 5) is 28.0. The van der Waals surface area contributed by atoms with Crippen LogP contribution in [0.3, 0.4) is 0 Å². The van der Waals surface area contributed by atoms with Gasteiger partial charge >= 0.3 is 6.09 Å². The van der Waals surface area contributed by atoms with Crippen LogP contribution in [0.25, 0.3) is 11.4 Å². The molecule has 1 aliphatic rings. The van der Waals surface area contributed by atoms with Crippen LogP contribution in [0.15, 0.2) is 54.7 Å². The van der Waals surface area contributed by atoms with Gasteiger partial charge in [-0.2, -0.15) is 5.10 Å². The van der Waals surface area contributed by atoms with E-state index in [1.807, 2.05) is 16.8 Å². The number of hydrogen-bond acceptors (Lipinski definition) is 5. The number of carbonyl (C=O) groups excluding carboxylic acids is 1. The molecule has 1 saturated heterocycles. The number of rotatable bonds is 5. The molecule has 1 aromatic carbocycles. The number of anilines is 2. The molecule has 0 radical (unpaired) electrons. The molecule has 3 heterocycles. The largest absolute Gasteiger partial charge is 0.465 e. The fourth-order valence-corrected chi connectivity index (χ4v) is 3.36. The Bertz CT molecular complexity index is 1060. The van der Waals surface area contributed by atoms with Gasteiger partial charge in [0.05, 0.1) is 11.4 Å². The van der Waals surface area contributed by atoms with Gasteiger partial charge in [-0.3, -0.25) is 10.1 Å². The third-order valence-electron chi connectivity index (χ3n) is 4.71. The van der Waals surface area contributed by atoms with E-state index >= 15 is 0 Å². The van der Waals surface area contributed by atoms with Crippen LogP contribution in [-0.4, -0.2) is 38.5 Å². The molecular weight excluding hydrogens is 386 g/mol. The third kappa shape index (κ3) is 4.47. The lowest BCUT2D eigenvalue weighted by Crippen LogP contribution is -2.20. The third-order valence-corrected chi connectivity index (χ3v) is 4.71. The Hall–Kier alpha value is -3.72. The molecule has 3 N–H and O–H groups in total. The second kappa shape index (κ2) is 8.75. The van der Waals surface area contributed by atoms with Gasteiger partial charge < -0.3 is 15.2 Å². The number of amides is 2. The first kappa shape index (κ1) is 19.6. The summed E-state index contributed by atoms with van der Waals surface area (Å²) in [7, 11) is 0. The van der Waals surface area contributed by atoms with E-state index in [9.17, 15) is 9.59 Å². The Kier molecular flexibility index (Phi) is 5.71. The Morgan fingerprint density at radius 1 is 1.07 bits per heavy atom. The quantitative estimate of drug-likeness (QED) is 0.589. The number of benzene rings is 1. The maximum Gasteiger partial charge on any atom is 0.409 e. The van der Waals surface area contributed by atoms with Crippen LogP contribution in [0.1, 0.15) is 36.0 Å². The van der Waals surface area contributed by atoms with Crippen LogP contribution in [0, 0.1) is 0 Å². The number of carbonyl (C=O) groups is 2. The molecule has 3 aromatic rings. The Morgan fingerprint density at radius 2 is 1.87 bits per heavy atom. The summed E-state index contributed by atoms with van der Waals surface area (Å²) in [5, 5.41) is 18.2. The maximum absolute atomic E-state index is 12.7. The van der Waals surface area contributed by atoms with Gasteiger partial charge in [0.2, 0.25) is 0 Å². The predicted octanol–water partition coefficient (Wildman–Crippen LogP) is 3.99. The number of pyridine rings is 1. The summed E-state index contributed by atoms with van der Waals surface area (Å²) in [6.07, 6.45) is 3.40. The fourth-order valence-electron chi connectivity index (χ4n) is 3.36. The van der Waals surface area contributed by atoms with Crippen LogP contribution in [0.2, 0.25) is 0 Å². The van der Waals surface area contributed by atoms with Gasteiger partial charge in [0, 0.05) is 24.2 Å². The molecule has 0 saturated carbocycles. The first-order valence-electron chi connectivity index (χ1n) is 9.64. The molecule has 1 aliphatic heterocycles. The molecular formula is C21H21N5O4. The van der Waals surface area contributed by atoms with Crippen molar-refractivity contribution >= 4 is 23.4 Å². The zero-order valence-corrected chi connectivity index (χ0v) is 16.1. The van der Waals surface area contributed by atoms with Crippen molar-refractivity contribution in [2.24, 2.45) is 0 Å². The summed E-state index contributed by atoms with van der Waals surface area (Å²) in [5.74, 6) is -0.399. The number of ether oxygens (including phenoxy) is 1. The lowest BCUT2D eigenvalue weighted by molar-refractivity contribution is -0.0384. The van der Waals surface area contributed by atoms with Crippen LogP contribution in [-0.2, 0) is 4.74 Å². The predicted molar refractivity (Wildman–Crippen MR) is 110 cm³/mol. The van der Waals surface area contributed by atoms with Crippen LogP contribution in [0.4, 0.5) is 16.2 Å². The Labute approximate surface area is 172 Å². The van der Waals surface area contributed by atoms with Gasteiger partial charge in [-0.25, -0.2) is 14.5 Å². The number of nitrogens with zero attached hydrogens (tertiary/aromatic N) is 3. The monoisotopic (exact) mass is 407 g/mol. The number of aromatic nitrogens is 3. The fraction of sp³-hybridized carbons (Fsp3) is 0.238. The van der Waals surface area contributed by atoms with E-state index < -0.39 is 12.0 Å². The summed E-state index contributed by atoms with van der Waals surface area (Å²) in [6.45, 7) is 0.704. The van der Waals surface area contributed by atoms with E-state index in [2.05, 4.69) is 20.7 Å². The molecule has 4 rings (SSSR count). The van der Waals surface area contributed by atoms with Crippen molar-refractivity contribution < 1.29 is 19.4 Å². The highest BCUT2D eigenvalue weighted by atomic mass is 16.5. The molecule has 2 amide bonds. The standard InChI is InChI=1S/C21H21N5O4/c27-20(23-14-5-3-6-15(13-14)24-21(28)29)17-8-4-7-16(25-17)18-10-11-22-26(18)19-9-1-2-12-30-19/h3-8,10-11,13,19,24H,1-2,9,12H2,(H,23,27)(H,28,29). The van der Waals surface area contributed by atoms with Gasteiger partial charge in [-0.05, 0) is 55.7 Å². The highest BCUT2D eigenvalue weighted by molar-refractivity contribution is 6.03. The van der Waals surface area contributed by atoms with Crippen molar-refractivity contribution in [1.82, 2.24) is 14.8 Å². The average Bonchev–Trinajstić information content (AvgIpc) is 3.24. The minimum absolute atomic E-state index is 0.132. The Balaban J connectivity index is 1.53. The van der Waals surface area contributed by atoms with Gasteiger partial charge in [-0.1, -0.05) is 12.1 Å². The maximum atomic E-state index is 12.7. The normalized spacial score (nSPS) is 16.1. The van der Waals surface area contributed by atoms with E-state index in [1.165, 1.54) is 6.07 Å². The Morgan fingerprint density at radius 3 is 2.63 bits per heavy atom. The van der Waals surface area contributed by atoms with Gasteiger partial charge in [-0.15, -0.1) is 0 Å². The van der Waals surface area contributed by atoms with Crippen molar-refractivity contribution in [3.8, 4) is 11.4 Å². The van der Waals surface area contributed by atoms with Crippen molar-refractivity contribution in [3.63, 3.8) is 0 Å². The minimum atomic E-state index is -1.17. The van der Waals surface area contributed by atoms with Gasteiger partial charge in [0.15, 0.2) is 6.23 Å². The summed E-state index contributed by atoms with van der Waals surface area (Å²) in [6, 6.07) is 13.5. The van der Waals surface area contributed by atoms with Crippen molar-refractivity contribution in [1.29, 1.82) is 0 Å².